The molecule has 11 nitrogen and oxygen atoms in total. The Morgan fingerprint density at radius 2 is 1.81 bits per heavy atom. The van der Waals surface area contributed by atoms with Crippen molar-refractivity contribution in [2.45, 2.75) is 12.7 Å². The highest BCUT2D eigenvalue weighted by Gasteiger charge is 2.50. The molecule has 11 heteroatoms. The van der Waals surface area contributed by atoms with Crippen molar-refractivity contribution in [3.05, 3.63) is 40.3 Å². The van der Waals surface area contributed by atoms with Crippen LogP contribution >= 0.6 is 0 Å². The number of aromatic carboxylic acids is 3. The summed E-state index contributed by atoms with van der Waals surface area (Å²) in [6.45, 7) is 1.24. The maximum atomic E-state index is 12.8. The van der Waals surface area contributed by atoms with Gasteiger partial charge in [-0.05, 0) is 19.1 Å². The van der Waals surface area contributed by atoms with E-state index in [0.29, 0.717) is 0 Å². The van der Waals surface area contributed by atoms with Gasteiger partial charge in [0.25, 0.3) is 5.79 Å². The molecule has 2 aromatic heterocycles. The van der Waals surface area contributed by atoms with Crippen LogP contribution in [0.5, 0.6) is 0 Å². The van der Waals surface area contributed by atoms with Crippen LogP contribution in [0, 0.1) is 0 Å². The van der Waals surface area contributed by atoms with Gasteiger partial charge in [-0.3, -0.25) is 4.79 Å². The minimum atomic E-state index is -2.77. The number of pyridine rings is 1. The fourth-order valence-corrected chi connectivity index (χ4v) is 2.90. The number of aromatic nitrogens is 2. The summed E-state index contributed by atoms with van der Waals surface area (Å²) in [7, 11) is 0. The van der Waals surface area contributed by atoms with Crippen LogP contribution in [0.1, 0.15) is 54.3 Å². The summed E-state index contributed by atoms with van der Waals surface area (Å²) in [5.74, 6) is -8.45. The minimum absolute atomic E-state index is 0.200. The van der Waals surface area contributed by atoms with Gasteiger partial charge in [-0.15, -0.1) is 0 Å². The van der Waals surface area contributed by atoms with E-state index in [4.69, 9.17) is 9.84 Å². The molecule has 0 amide bonds. The van der Waals surface area contributed by atoms with E-state index in [1.807, 2.05) is 0 Å². The van der Waals surface area contributed by atoms with Gasteiger partial charge < -0.3 is 30.1 Å². The molecule has 1 aliphatic carbocycles. The van der Waals surface area contributed by atoms with Gasteiger partial charge in [-0.1, -0.05) is 0 Å². The molecule has 1 unspecified atom stereocenters. The normalized spacial score (nSPS) is 17.9. The molecule has 0 spiro atoms. The predicted octanol–water partition coefficient (Wildman–Crippen LogP) is 0.549. The molecule has 27 heavy (non-hydrogen) atoms. The Balaban J connectivity index is 2.48. The van der Waals surface area contributed by atoms with Crippen LogP contribution in [0.2, 0.25) is 0 Å². The third kappa shape index (κ3) is 2.56. The lowest BCUT2D eigenvalue weighted by molar-refractivity contribution is -0.173. The van der Waals surface area contributed by atoms with Crippen LogP contribution in [-0.2, 0) is 10.5 Å². The smallest absolute Gasteiger partial charge is 0.354 e. The number of rotatable bonds is 5. The second kappa shape index (κ2) is 6.00. The van der Waals surface area contributed by atoms with Crippen LogP contribution in [0.25, 0.3) is 11.3 Å². The van der Waals surface area contributed by atoms with Crippen molar-refractivity contribution in [3.8, 4) is 11.3 Å². The Morgan fingerprint density at radius 3 is 2.33 bits per heavy atom. The number of hydrogen-bond acceptors (Lipinski definition) is 7. The first-order valence-corrected chi connectivity index (χ1v) is 7.51. The van der Waals surface area contributed by atoms with E-state index < -0.39 is 52.1 Å². The first-order chi connectivity index (χ1) is 12.6. The molecule has 2 heterocycles. The largest absolute Gasteiger partial charge is 0.478 e. The van der Waals surface area contributed by atoms with E-state index >= 15 is 0 Å². The summed E-state index contributed by atoms with van der Waals surface area (Å²) in [4.78, 5) is 53.1. The van der Waals surface area contributed by atoms with Crippen molar-refractivity contribution in [3.63, 3.8) is 0 Å². The zero-order chi connectivity index (χ0) is 20.1. The highest BCUT2D eigenvalue weighted by molar-refractivity contribution is 6.14. The van der Waals surface area contributed by atoms with E-state index in [2.05, 4.69) is 9.97 Å². The van der Waals surface area contributed by atoms with E-state index in [9.17, 15) is 34.5 Å². The average molecular weight is 376 g/mol. The number of H-pyrrole nitrogens is 1. The van der Waals surface area contributed by atoms with Crippen LogP contribution in [-0.4, -0.2) is 60.7 Å². The molecule has 0 bridgehead atoms. The summed E-state index contributed by atoms with van der Waals surface area (Å²) < 4.78 is 5.10. The van der Waals surface area contributed by atoms with Gasteiger partial charge in [0.2, 0.25) is 5.78 Å². The summed E-state index contributed by atoms with van der Waals surface area (Å²) in [6, 6.07) is 1.68. The van der Waals surface area contributed by atoms with Crippen molar-refractivity contribution in [2.24, 2.45) is 0 Å². The van der Waals surface area contributed by atoms with Gasteiger partial charge in [0.1, 0.15) is 17.1 Å². The molecule has 1 aliphatic rings. The topological polar surface area (TPSA) is 187 Å². The summed E-state index contributed by atoms with van der Waals surface area (Å²) in [5, 5.41) is 38.6. The van der Waals surface area contributed by atoms with Gasteiger partial charge >= 0.3 is 17.9 Å². The molecule has 0 fully saturated rings. The Labute approximate surface area is 149 Å². The van der Waals surface area contributed by atoms with Gasteiger partial charge in [0, 0.05) is 12.2 Å². The SMILES string of the molecule is CCOC1(O)C(=O)c2cc(C(=O)O)[nH]c2-c2c(C(=O)O)cc(C(=O)O)nc21. The third-order valence-corrected chi connectivity index (χ3v) is 3.99. The van der Waals surface area contributed by atoms with Crippen molar-refractivity contribution in [2.75, 3.05) is 6.61 Å². The predicted molar refractivity (Wildman–Crippen MR) is 84.8 cm³/mol. The number of carbonyl (C=O) groups excluding carboxylic acids is 1. The van der Waals surface area contributed by atoms with Crippen molar-refractivity contribution in [1.29, 1.82) is 0 Å². The van der Waals surface area contributed by atoms with E-state index in [1.165, 1.54) is 6.92 Å². The first-order valence-electron chi connectivity index (χ1n) is 7.51. The Morgan fingerprint density at radius 1 is 1.15 bits per heavy atom. The van der Waals surface area contributed by atoms with Crippen LogP contribution in [0.15, 0.2) is 12.1 Å². The van der Waals surface area contributed by atoms with Crippen LogP contribution < -0.4 is 0 Å². The highest BCUT2D eigenvalue weighted by Crippen LogP contribution is 2.43. The standard InChI is InChI=1S/C16H12N2O9/c1-2-27-16(26)11-9(5(13(20)21)3-8(18-11)15(24)25)10-6(12(16)19)4-7(17-10)14(22)23/h3-4,17,26H,2H2,1H3,(H,20,21)(H,22,23)(H,24,25). The number of carboxylic acid groups (broad SMARTS) is 3. The van der Waals surface area contributed by atoms with Gasteiger partial charge in [-0.25, -0.2) is 19.4 Å². The number of ether oxygens (including phenoxy) is 1. The minimum Gasteiger partial charge on any atom is -0.478 e. The second-order valence-corrected chi connectivity index (χ2v) is 5.57. The number of carboxylic acids is 3. The van der Waals surface area contributed by atoms with Crippen LogP contribution in [0.4, 0.5) is 0 Å². The number of ketones is 1. The Kier molecular flexibility index (Phi) is 4.05. The van der Waals surface area contributed by atoms with E-state index in [0.717, 1.165) is 12.1 Å². The average Bonchev–Trinajstić information content (AvgIpc) is 3.04. The molecular formula is C16H12N2O9. The number of aromatic amines is 1. The van der Waals surface area contributed by atoms with Gasteiger partial charge in [0.05, 0.1) is 16.8 Å². The molecular weight excluding hydrogens is 364 g/mol. The number of carbonyl (C=O) groups is 4. The summed E-state index contributed by atoms with van der Waals surface area (Å²) in [6.07, 6.45) is 0. The lowest BCUT2D eigenvalue weighted by atomic mass is 9.85. The zero-order valence-electron chi connectivity index (χ0n) is 13.6. The Hall–Kier alpha value is -3.57. The molecule has 3 rings (SSSR count). The number of fused-ring (bicyclic) bond motifs is 3. The summed E-state index contributed by atoms with van der Waals surface area (Å²) >= 11 is 0. The number of nitrogens with zero attached hydrogens (tertiary/aromatic N) is 1. The monoisotopic (exact) mass is 376 g/mol. The fourth-order valence-electron chi connectivity index (χ4n) is 2.90. The molecule has 5 N–H and O–H groups in total. The fraction of sp³-hybridized carbons (Fsp3) is 0.188. The Bertz CT molecular complexity index is 1020. The quantitative estimate of drug-likeness (QED) is 0.461. The molecule has 1 atom stereocenters. The maximum Gasteiger partial charge on any atom is 0.354 e. The lowest BCUT2D eigenvalue weighted by Gasteiger charge is -2.31. The molecule has 140 valence electrons. The third-order valence-electron chi connectivity index (χ3n) is 3.99. The lowest BCUT2D eigenvalue weighted by Crippen LogP contribution is -2.43. The van der Waals surface area contributed by atoms with Crippen molar-refractivity contribution >= 4 is 23.7 Å². The summed E-state index contributed by atoms with van der Waals surface area (Å²) in [5.41, 5.74) is -3.25. The molecule has 0 saturated heterocycles. The highest BCUT2D eigenvalue weighted by atomic mass is 16.6. The molecule has 0 saturated carbocycles. The number of hydrogen-bond donors (Lipinski definition) is 5. The molecule has 0 radical (unpaired) electrons. The van der Waals surface area contributed by atoms with Crippen molar-refractivity contribution in [1.82, 2.24) is 9.97 Å². The second-order valence-electron chi connectivity index (χ2n) is 5.57. The number of aliphatic hydroxyl groups is 1. The van der Waals surface area contributed by atoms with Gasteiger partial charge in [-0.2, -0.15) is 0 Å². The zero-order valence-corrected chi connectivity index (χ0v) is 13.6. The molecule has 0 aromatic carbocycles. The van der Waals surface area contributed by atoms with Gasteiger partial charge in [0.15, 0.2) is 0 Å². The maximum absolute atomic E-state index is 12.8. The molecule has 2 aromatic rings. The van der Waals surface area contributed by atoms with Crippen molar-refractivity contribution < 1.29 is 44.3 Å². The number of Topliss-reactive ketones (excluding diaryl/α,β-unsaturated/α-hetero) is 1. The van der Waals surface area contributed by atoms with E-state index in [-0.39, 0.29) is 23.4 Å². The molecule has 0 aliphatic heterocycles. The first kappa shape index (κ1) is 18.2. The van der Waals surface area contributed by atoms with E-state index in [1.54, 1.807) is 0 Å². The number of nitrogens with one attached hydrogen (secondary N) is 1. The van der Waals surface area contributed by atoms with Crippen LogP contribution in [0.3, 0.4) is 0 Å².